The van der Waals surface area contributed by atoms with Crippen molar-refractivity contribution in [2.75, 3.05) is 7.11 Å². The number of carbonyl (C=O) groups is 1. The van der Waals surface area contributed by atoms with E-state index < -0.39 is 0 Å². The van der Waals surface area contributed by atoms with Crippen LogP contribution in [0.3, 0.4) is 0 Å². The van der Waals surface area contributed by atoms with Gasteiger partial charge >= 0.3 is 5.97 Å². The van der Waals surface area contributed by atoms with Crippen LogP contribution in [0.4, 0.5) is 0 Å². The lowest BCUT2D eigenvalue weighted by Crippen LogP contribution is -2.17. The first-order chi connectivity index (χ1) is 12.1. The van der Waals surface area contributed by atoms with Crippen molar-refractivity contribution in [2.45, 2.75) is 18.4 Å². The van der Waals surface area contributed by atoms with Gasteiger partial charge in [0, 0.05) is 23.3 Å². The van der Waals surface area contributed by atoms with E-state index in [2.05, 4.69) is 9.72 Å². The van der Waals surface area contributed by atoms with E-state index in [1.54, 1.807) is 34.4 Å². The summed E-state index contributed by atoms with van der Waals surface area (Å²) in [4.78, 5) is 28.2. The molecule has 128 valence electrons. The number of aromatic nitrogens is 2. The van der Waals surface area contributed by atoms with Crippen molar-refractivity contribution in [3.8, 4) is 0 Å². The summed E-state index contributed by atoms with van der Waals surface area (Å²) in [6.45, 7) is 1.89. The summed E-state index contributed by atoms with van der Waals surface area (Å²) >= 11 is 1.67. The molecule has 0 aliphatic carbocycles. The molecule has 0 saturated carbocycles. The Labute approximate surface area is 149 Å². The average Bonchev–Trinajstić information content (AvgIpc) is 2.61. The number of carbonyl (C=O) groups excluding carboxylic acids is 1. The van der Waals surface area contributed by atoms with Gasteiger partial charge in [0.15, 0.2) is 0 Å². The number of fused-ring (bicyclic) bond motifs is 1. The van der Waals surface area contributed by atoms with Crippen LogP contribution in [0.5, 0.6) is 0 Å². The quantitative estimate of drug-likeness (QED) is 0.659. The summed E-state index contributed by atoms with van der Waals surface area (Å²) in [7, 11) is 1.37. The first-order valence-corrected chi connectivity index (χ1v) is 8.97. The molecule has 0 bridgehead atoms. The Bertz CT molecular complexity index is 965. The van der Waals surface area contributed by atoms with E-state index in [0.29, 0.717) is 17.0 Å². The first kappa shape index (κ1) is 17.2. The van der Waals surface area contributed by atoms with Crippen molar-refractivity contribution in [1.29, 1.82) is 0 Å². The van der Waals surface area contributed by atoms with E-state index in [1.165, 1.54) is 7.11 Å². The van der Waals surface area contributed by atoms with Crippen molar-refractivity contribution >= 4 is 23.4 Å². The molecule has 0 aliphatic heterocycles. The molecule has 0 saturated heterocycles. The number of ether oxygens (including phenoxy) is 1. The van der Waals surface area contributed by atoms with Crippen molar-refractivity contribution < 1.29 is 9.53 Å². The fourth-order valence-electron chi connectivity index (χ4n) is 2.57. The Kier molecular flexibility index (Phi) is 5.19. The lowest BCUT2D eigenvalue weighted by molar-refractivity contribution is 0.0600. The molecule has 6 heteroatoms. The summed E-state index contributed by atoms with van der Waals surface area (Å²) in [5.41, 5.74) is 3.90. The van der Waals surface area contributed by atoms with Gasteiger partial charge in [-0.15, -0.1) is 0 Å². The number of esters is 1. The predicted octanol–water partition coefficient (Wildman–Crippen LogP) is 3.22. The van der Waals surface area contributed by atoms with Gasteiger partial charge in [-0.05, 0) is 36.8 Å². The van der Waals surface area contributed by atoms with E-state index in [0.717, 1.165) is 22.7 Å². The fourth-order valence-corrected chi connectivity index (χ4v) is 3.45. The van der Waals surface area contributed by atoms with Gasteiger partial charge in [-0.25, -0.2) is 9.78 Å². The zero-order chi connectivity index (χ0) is 17.8. The number of aryl methyl sites for hydroxylation is 1. The monoisotopic (exact) mass is 354 g/mol. The first-order valence-electron chi connectivity index (χ1n) is 7.82. The van der Waals surface area contributed by atoms with E-state index in [-0.39, 0.29) is 11.5 Å². The normalized spacial score (nSPS) is 10.8. The second kappa shape index (κ2) is 7.53. The Balaban J connectivity index is 1.67. The molecular weight excluding hydrogens is 336 g/mol. The summed E-state index contributed by atoms with van der Waals surface area (Å²) in [5, 5.41) is 0. The summed E-state index contributed by atoms with van der Waals surface area (Å²) in [6, 6.07) is 14.5. The summed E-state index contributed by atoms with van der Waals surface area (Å²) < 4.78 is 6.30. The maximum Gasteiger partial charge on any atom is 0.337 e. The van der Waals surface area contributed by atoms with Crippen molar-refractivity contribution in [3.05, 3.63) is 81.4 Å². The minimum absolute atomic E-state index is 0.0545. The Morgan fingerprint density at radius 2 is 1.92 bits per heavy atom. The summed E-state index contributed by atoms with van der Waals surface area (Å²) in [5.74, 6) is 1.09. The van der Waals surface area contributed by atoms with E-state index in [9.17, 15) is 9.59 Å². The highest BCUT2D eigenvalue weighted by atomic mass is 32.2. The number of pyridine rings is 1. The van der Waals surface area contributed by atoms with Crippen molar-refractivity contribution in [1.82, 2.24) is 9.38 Å². The lowest BCUT2D eigenvalue weighted by Gasteiger charge is -2.07. The smallest absolute Gasteiger partial charge is 0.337 e. The Morgan fingerprint density at radius 3 is 2.64 bits per heavy atom. The number of benzene rings is 1. The van der Waals surface area contributed by atoms with Gasteiger partial charge in [0.25, 0.3) is 5.56 Å². The van der Waals surface area contributed by atoms with Crippen LogP contribution in [-0.4, -0.2) is 22.5 Å². The Morgan fingerprint density at radius 1 is 1.16 bits per heavy atom. The molecule has 3 aromatic rings. The van der Waals surface area contributed by atoms with Gasteiger partial charge in [-0.2, -0.15) is 11.8 Å². The third kappa shape index (κ3) is 3.91. The second-order valence-corrected chi connectivity index (χ2v) is 6.61. The molecule has 2 aromatic heterocycles. The van der Waals surface area contributed by atoms with Gasteiger partial charge in [0.1, 0.15) is 5.65 Å². The zero-order valence-electron chi connectivity index (χ0n) is 14.1. The molecule has 0 radical (unpaired) electrons. The lowest BCUT2D eigenvalue weighted by atomic mass is 10.1. The second-order valence-electron chi connectivity index (χ2n) is 5.63. The molecule has 1 aromatic carbocycles. The molecule has 2 heterocycles. The van der Waals surface area contributed by atoms with Gasteiger partial charge in [0.05, 0.1) is 18.4 Å². The molecule has 0 fully saturated rings. The third-order valence-corrected chi connectivity index (χ3v) is 4.86. The molecule has 25 heavy (non-hydrogen) atoms. The van der Waals surface area contributed by atoms with Gasteiger partial charge < -0.3 is 4.74 Å². The summed E-state index contributed by atoms with van der Waals surface area (Å²) in [6.07, 6.45) is 0. The standard InChI is InChI=1S/C19H18N2O3S/c1-13-4-3-5-17-20-16(10-18(22)21(13)17)12-25-11-14-6-8-15(9-7-14)19(23)24-2/h3-10H,11-12H2,1-2H3. The van der Waals surface area contributed by atoms with Crippen molar-refractivity contribution in [3.63, 3.8) is 0 Å². The predicted molar refractivity (Wildman–Crippen MR) is 99.0 cm³/mol. The highest BCUT2D eigenvalue weighted by molar-refractivity contribution is 7.97. The highest BCUT2D eigenvalue weighted by Gasteiger charge is 2.06. The van der Waals surface area contributed by atoms with Crippen LogP contribution in [0.2, 0.25) is 0 Å². The zero-order valence-corrected chi connectivity index (χ0v) is 14.9. The number of nitrogens with zero attached hydrogens (tertiary/aromatic N) is 2. The molecule has 0 N–H and O–H groups in total. The van der Waals surface area contributed by atoms with Crippen LogP contribution in [0, 0.1) is 6.92 Å². The minimum atomic E-state index is -0.338. The van der Waals surface area contributed by atoms with Crippen LogP contribution >= 0.6 is 11.8 Å². The maximum atomic E-state index is 12.3. The van der Waals surface area contributed by atoms with Crippen molar-refractivity contribution in [2.24, 2.45) is 0 Å². The molecule has 0 amide bonds. The van der Waals surface area contributed by atoms with Gasteiger partial charge in [-0.3, -0.25) is 9.20 Å². The van der Waals surface area contributed by atoms with Crippen LogP contribution in [0.1, 0.15) is 27.3 Å². The molecule has 0 unspecified atom stereocenters. The topological polar surface area (TPSA) is 60.7 Å². The number of hydrogen-bond donors (Lipinski definition) is 0. The van der Waals surface area contributed by atoms with Gasteiger partial charge in [0.2, 0.25) is 0 Å². The molecule has 0 spiro atoms. The number of methoxy groups -OCH3 is 1. The van der Waals surface area contributed by atoms with Crippen LogP contribution in [-0.2, 0) is 16.2 Å². The molecule has 5 nitrogen and oxygen atoms in total. The maximum absolute atomic E-state index is 12.3. The number of thioether (sulfide) groups is 1. The number of hydrogen-bond acceptors (Lipinski definition) is 5. The van der Waals surface area contributed by atoms with Crippen LogP contribution < -0.4 is 5.56 Å². The molecule has 3 rings (SSSR count). The molecular formula is C19H18N2O3S. The van der Waals surface area contributed by atoms with E-state index in [4.69, 9.17) is 0 Å². The third-order valence-electron chi connectivity index (χ3n) is 3.83. The fraction of sp³-hybridized carbons (Fsp3) is 0.211. The average molecular weight is 354 g/mol. The SMILES string of the molecule is COC(=O)c1ccc(CSCc2cc(=O)n3c(C)cccc3n2)cc1. The van der Waals surface area contributed by atoms with Crippen LogP contribution in [0.25, 0.3) is 5.65 Å². The van der Waals surface area contributed by atoms with Crippen LogP contribution in [0.15, 0.2) is 53.3 Å². The Hall–Kier alpha value is -2.60. The largest absolute Gasteiger partial charge is 0.465 e. The van der Waals surface area contributed by atoms with E-state index in [1.807, 2.05) is 37.3 Å². The minimum Gasteiger partial charge on any atom is -0.465 e. The van der Waals surface area contributed by atoms with Gasteiger partial charge in [-0.1, -0.05) is 18.2 Å². The highest BCUT2D eigenvalue weighted by Crippen LogP contribution is 2.17. The molecule has 0 aliphatic rings. The molecule has 0 atom stereocenters. The van der Waals surface area contributed by atoms with E-state index >= 15 is 0 Å². The number of rotatable bonds is 5.